The predicted molar refractivity (Wildman–Crippen MR) is 165 cm³/mol. The van der Waals surface area contributed by atoms with Crippen molar-refractivity contribution < 1.29 is 84.8 Å². The summed E-state index contributed by atoms with van der Waals surface area (Å²) < 4.78 is 43.0. The molecule has 7 nitrogen and oxygen atoms in total. The van der Waals surface area contributed by atoms with Crippen LogP contribution in [0, 0.1) is 0 Å². The molecule has 0 aromatic heterocycles. The fourth-order valence-electron chi connectivity index (χ4n) is 4.86. The van der Waals surface area contributed by atoms with Crippen molar-refractivity contribution in [2.45, 2.75) is 180 Å². The maximum atomic E-state index is 12.2. The standard InChI is InChI=1S/C32H62O7S.K.H/c1-3-5-7-9-11-13-15-17-19-21-23-25-27-38-31(33)29-30(40(35,36)37)32(34)39-28-26-24-22-20-18-16-14-12-10-8-6-4-2;;/h30H,3-29H2,1-2H3,(H,35,36,37);;/q;+1;-1. The van der Waals surface area contributed by atoms with Gasteiger partial charge in [-0.1, -0.05) is 155 Å². The Balaban J connectivity index is -0.00000760. The molecule has 0 radical (unpaired) electrons. The molecule has 0 rings (SSSR count). The van der Waals surface area contributed by atoms with Gasteiger partial charge in [0, 0.05) is 0 Å². The van der Waals surface area contributed by atoms with Crippen molar-refractivity contribution >= 4 is 22.1 Å². The zero-order valence-corrected chi connectivity index (χ0v) is 30.9. The minimum atomic E-state index is -4.76. The van der Waals surface area contributed by atoms with Gasteiger partial charge in [0.05, 0.1) is 19.6 Å². The van der Waals surface area contributed by atoms with E-state index in [4.69, 9.17) is 9.47 Å². The minimum Gasteiger partial charge on any atom is -1.00 e. The first-order chi connectivity index (χ1) is 19.3. The van der Waals surface area contributed by atoms with E-state index >= 15 is 0 Å². The van der Waals surface area contributed by atoms with E-state index in [0.29, 0.717) is 12.8 Å². The van der Waals surface area contributed by atoms with Crippen molar-refractivity contribution in [1.82, 2.24) is 0 Å². The van der Waals surface area contributed by atoms with Crippen LogP contribution in [0.25, 0.3) is 0 Å². The molecular formula is C32H63KO7S. The molecule has 1 unspecified atom stereocenters. The molecule has 240 valence electrons. The molecule has 1 atom stereocenters. The van der Waals surface area contributed by atoms with Gasteiger partial charge in [-0.05, 0) is 12.8 Å². The summed E-state index contributed by atoms with van der Waals surface area (Å²) in [5.41, 5.74) is 0. The molecule has 41 heavy (non-hydrogen) atoms. The topological polar surface area (TPSA) is 107 Å². The van der Waals surface area contributed by atoms with Gasteiger partial charge < -0.3 is 10.9 Å². The zero-order chi connectivity index (χ0) is 29.7. The maximum absolute atomic E-state index is 12.2. The number of esters is 2. The number of hydrogen-bond acceptors (Lipinski definition) is 6. The van der Waals surface area contributed by atoms with Crippen LogP contribution in [0.5, 0.6) is 0 Å². The Morgan fingerprint density at radius 3 is 1.17 bits per heavy atom. The van der Waals surface area contributed by atoms with Gasteiger partial charge in [-0.3, -0.25) is 14.1 Å². The van der Waals surface area contributed by atoms with Crippen molar-refractivity contribution in [3.63, 3.8) is 0 Å². The van der Waals surface area contributed by atoms with E-state index in [1.165, 1.54) is 109 Å². The van der Waals surface area contributed by atoms with Gasteiger partial charge in [0.15, 0.2) is 5.25 Å². The normalized spacial score (nSPS) is 12.1. The minimum absolute atomic E-state index is 0. The summed E-state index contributed by atoms with van der Waals surface area (Å²) in [5.74, 6) is -1.90. The van der Waals surface area contributed by atoms with Gasteiger partial charge in [-0.25, -0.2) is 0 Å². The molecule has 0 saturated carbocycles. The molecule has 0 aromatic carbocycles. The second-order valence-corrected chi connectivity index (χ2v) is 13.0. The van der Waals surface area contributed by atoms with Gasteiger partial charge in [-0.2, -0.15) is 8.42 Å². The number of carbonyl (C=O) groups is 2. The molecular weight excluding hydrogens is 568 g/mol. The van der Waals surface area contributed by atoms with Gasteiger partial charge >= 0.3 is 63.3 Å². The Kier molecular flexibility index (Phi) is 33.9. The third-order valence-electron chi connectivity index (χ3n) is 7.48. The van der Waals surface area contributed by atoms with E-state index in [-0.39, 0.29) is 66.0 Å². The van der Waals surface area contributed by atoms with Crippen LogP contribution in [0.15, 0.2) is 0 Å². The van der Waals surface area contributed by atoms with Crippen LogP contribution in [-0.2, 0) is 29.2 Å². The fraction of sp³-hybridized carbons (Fsp3) is 0.938. The molecule has 0 amide bonds. The van der Waals surface area contributed by atoms with Crippen LogP contribution >= 0.6 is 0 Å². The van der Waals surface area contributed by atoms with Gasteiger partial charge in [0.1, 0.15) is 0 Å². The molecule has 0 aliphatic heterocycles. The number of ether oxygens (including phenoxy) is 2. The van der Waals surface area contributed by atoms with E-state index in [2.05, 4.69) is 13.8 Å². The van der Waals surface area contributed by atoms with E-state index in [1.807, 2.05) is 0 Å². The Hall–Kier alpha value is 0.486. The van der Waals surface area contributed by atoms with Crippen LogP contribution in [0.1, 0.15) is 176 Å². The SMILES string of the molecule is CCCCCCCCCCCCCCOC(=O)CC(C(=O)OCCCCCCCCCCCCCC)S(=O)(=O)O.[H-].[K+]. The Labute approximate surface area is 297 Å². The van der Waals surface area contributed by atoms with Crippen LogP contribution in [0.4, 0.5) is 0 Å². The van der Waals surface area contributed by atoms with E-state index in [1.54, 1.807) is 0 Å². The maximum Gasteiger partial charge on any atom is 1.00 e. The van der Waals surface area contributed by atoms with Crippen LogP contribution in [-0.4, -0.2) is 43.4 Å². The van der Waals surface area contributed by atoms with Crippen molar-refractivity contribution in [3.05, 3.63) is 0 Å². The molecule has 0 bridgehead atoms. The van der Waals surface area contributed by atoms with Gasteiger partial charge in [0.25, 0.3) is 10.1 Å². The molecule has 0 heterocycles. The van der Waals surface area contributed by atoms with Crippen molar-refractivity contribution in [1.29, 1.82) is 0 Å². The summed E-state index contributed by atoms with van der Waals surface area (Å²) in [6, 6.07) is 0. The van der Waals surface area contributed by atoms with Gasteiger partial charge in [0.2, 0.25) is 0 Å². The summed E-state index contributed by atoms with van der Waals surface area (Å²) in [4.78, 5) is 24.3. The predicted octanol–water partition coefficient (Wildman–Crippen LogP) is 6.24. The quantitative estimate of drug-likeness (QED) is 0.0433. The summed E-state index contributed by atoms with van der Waals surface area (Å²) in [7, 11) is -4.76. The van der Waals surface area contributed by atoms with E-state index in [0.717, 1.165) is 32.1 Å². The summed E-state index contributed by atoms with van der Waals surface area (Å²) in [6.45, 7) is 4.72. The number of carbonyl (C=O) groups excluding carboxylic acids is 2. The summed E-state index contributed by atoms with van der Waals surface area (Å²) >= 11 is 0. The average Bonchev–Trinajstić information content (AvgIpc) is 2.91. The average molecular weight is 631 g/mol. The monoisotopic (exact) mass is 630 g/mol. The third-order valence-corrected chi connectivity index (χ3v) is 8.56. The Bertz CT molecular complexity index is 707. The zero-order valence-electron chi connectivity index (χ0n) is 28.0. The van der Waals surface area contributed by atoms with Gasteiger partial charge in [-0.15, -0.1) is 0 Å². The van der Waals surface area contributed by atoms with Crippen LogP contribution < -0.4 is 51.4 Å². The second-order valence-electron chi connectivity index (χ2n) is 11.4. The first kappa shape index (κ1) is 43.6. The number of unbranched alkanes of at least 4 members (excludes halogenated alkanes) is 22. The second kappa shape index (κ2) is 31.9. The largest absolute Gasteiger partial charge is 1.00 e. The molecule has 9 heteroatoms. The molecule has 0 aliphatic carbocycles. The smallest absolute Gasteiger partial charge is 1.00 e. The van der Waals surface area contributed by atoms with Crippen molar-refractivity contribution in [2.24, 2.45) is 0 Å². The van der Waals surface area contributed by atoms with Crippen molar-refractivity contribution in [2.75, 3.05) is 13.2 Å². The molecule has 0 saturated heterocycles. The van der Waals surface area contributed by atoms with Crippen LogP contribution in [0.2, 0.25) is 0 Å². The van der Waals surface area contributed by atoms with Crippen molar-refractivity contribution in [3.8, 4) is 0 Å². The molecule has 0 aliphatic rings. The van der Waals surface area contributed by atoms with E-state index < -0.39 is 33.7 Å². The summed E-state index contributed by atoms with van der Waals surface area (Å²) in [6.07, 6.45) is 27.6. The van der Waals surface area contributed by atoms with E-state index in [9.17, 15) is 22.6 Å². The first-order valence-electron chi connectivity index (χ1n) is 16.6. The Morgan fingerprint density at radius 2 is 0.854 bits per heavy atom. The first-order valence-corrected chi connectivity index (χ1v) is 18.1. The third kappa shape index (κ3) is 30.3. The number of rotatable bonds is 30. The summed E-state index contributed by atoms with van der Waals surface area (Å²) in [5, 5.41) is -1.93. The fourth-order valence-corrected chi connectivity index (χ4v) is 5.52. The molecule has 1 N–H and O–H groups in total. The molecule has 0 aromatic rings. The number of hydrogen-bond donors (Lipinski definition) is 1. The Morgan fingerprint density at radius 1 is 0.561 bits per heavy atom. The van der Waals surface area contributed by atoms with Crippen LogP contribution in [0.3, 0.4) is 0 Å². The molecule has 0 spiro atoms. The molecule has 0 fully saturated rings.